The van der Waals surface area contributed by atoms with Gasteiger partial charge in [0.15, 0.2) is 0 Å². The summed E-state index contributed by atoms with van der Waals surface area (Å²) in [4.78, 5) is 0. The van der Waals surface area contributed by atoms with Crippen molar-refractivity contribution in [3.8, 4) is 5.75 Å². The Kier molecular flexibility index (Phi) is 1.31. The minimum atomic E-state index is -0.877. The number of halogens is 2. The molecule has 1 nitrogen and oxygen atoms in total. The van der Waals surface area contributed by atoms with Gasteiger partial charge in [-0.1, -0.05) is 6.04 Å². The van der Waals surface area contributed by atoms with Gasteiger partial charge >= 0.3 is 0 Å². The van der Waals surface area contributed by atoms with E-state index in [4.69, 9.17) is 8.85 Å². The van der Waals surface area contributed by atoms with Crippen molar-refractivity contribution >= 4 is 15.9 Å². The molecule has 3 heteroatoms. The highest BCUT2D eigenvalue weighted by Crippen LogP contribution is 2.26. The first-order valence-electron chi connectivity index (χ1n) is 3.99. The fourth-order valence-corrected chi connectivity index (χ4v) is 0.853. The molecule has 0 amide bonds. The van der Waals surface area contributed by atoms with Crippen LogP contribution in [0.25, 0.3) is 0 Å². The van der Waals surface area contributed by atoms with Gasteiger partial charge in [-0.05, 0) is 28.0 Å². The van der Waals surface area contributed by atoms with Gasteiger partial charge < -0.3 is 4.74 Å². The van der Waals surface area contributed by atoms with Crippen molar-refractivity contribution in [1.82, 2.24) is 0 Å². The van der Waals surface area contributed by atoms with Gasteiger partial charge in [0.2, 0.25) is 0 Å². The van der Waals surface area contributed by atoms with Crippen LogP contribution in [0.3, 0.4) is 0 Å². The molecule has 0 aliphatic heterocycles. The van der Waals surface area contributed by atoms with Gasteiger partial charge in [0.25, 0.3) is 0 Å². The molecule has 1 rings (SSSR count). The van der Waals surface area contributed by atoms with Crippen molar-refractivity contribution in [2.24, 2.45) is 0 Å². The van der Waals surface area contributed by atoms with Crippen LogP contribution < -0.4 is 4.74 Å². The largest absolute Gasteiger partial charge is 0.495 e. The molecule has 0 saturated heterocycles. The van der Waals surface area contributed by atoms with Crippen LogP contribution in [0.1, 0.15) is 4.11 Å². The molecule has 0 aromatic heterocycles. The Labute approximate surface area is 71.2 Å². The first-order chi connectivity index (χ1) is 6.00. The van der Waals surface area contributed by atoms with Crippen LogP contribution in [0.4, 0.5) is 4.39 Å². The van der Waals surface area contributed by atoms with Gasteiger partial charge in [-0.15, -0.1) is 0 Å². The summed E-state index contributed by atoms with van der Waals surface area (Å²) in [5.74, 6) is -0.934. The quantitative estimate of drug-likeness (QED) is 0.689. The smallest absolute Gasteiger partial charge is 0.141 e. The molecule has 0 unspecified atom stereocenters. The van der Waals surface area contributed by atoms with E-state index in [9.17, 15) is 4.39 Å². The predicted molar refractivity (Wildman–Crippen MR) is 40.7 cm³/mol. The van der Waals surface area contributed by atoms with Crippen molar-refractivity contribution in [3.63, 3.8) is 0 Å². The third-order valence-corrected chi connectivity index (χ3v) is 1.65. The van der Waals surface area contributed by atoms with Crippen LogP contribution in [0.5, 0.6) is 5.75 Å². The van der Waals surface area contributed by atoms with Gasteiger partial charge in [0.1, 0.15) is 11.6 Å². The first-order valence-corrected chi connectivity index (χ1v) is 3.28. The summed E-state index contributed by atoms with van der Waals surface area (Å²) in [5, 5.41) is 0. The minimum absolute atomic E-state index is 0.0569. The summed E-state index contributed by atoms with van der Waals surface area (Å²) in [7, 11) is 1.28. The lowest BCUT2D eigenvalue weighted by molar-refractivity contribution is 0.408. The number of methoxy groups -OCH3 is 1. The molecule has 0 spiro atoms. The molecule has 54 valence electrons. The highest BCUT2D eigenvalue weighted by atomic mass is 79.9. The number of rotatable bonds is 1. The molecule has 0 radical (unpaired) electrons. The SMILES string of the molecule is [2H]c1c([2H])c(F)c(Br)c(OC)c1[2H]. The molecular weight excluding hydrogens is 199 g/mol. The minimum Gasteiger partial charge on any atom is -0.495 e. The van der Waals surface area contributed by atoms with Crippen molar-refractivity contribution in [2.45, 2.75) is 0 Å². The fraction of sp³-hybridized carbons (Fsp3) is 0.143. The van der Waals surface area contributed by atoms with E-state index < -0.39 is 17.9 Å². The van der Waals surface area contributed by atoms with E-state index in [1.807, 2.05) is 0 Å². The van der Waals surface area contributed by atoms with E-state index in [-0.39, 0.29) is 16.3 Å². The third kappa shape index (κ3) is 1.29. The highest BCUT2D eigenvalue weighted by Gasteiger charge is 2.02. The van der Waals surface area contributed by atoms with Gasteiger partial charge in [-0.2, -0.15) is 0 Å². The summed E-state index contributed by atoms with van der Waals surface area (Å²) in [6.45, 7) is 0. The van der Waals surface area contributed by atoms with Crippen LogP contribution in [0, 0.1) is 5.82 Å². The lowest BCUT2D eigenvalue weighted by Gasteiger charge is -2.01. The second-order valence-corrected chi connectivity index (χ2v) is 2.33. The molecule has 0 fully saturated rings. The van der Waals surface area contributed by atoms with Gasteiger partial charge in [-0.25, -0.2) is 4.39 Å². The maximum Gasteiger partial charge on any atom is 0.141 e. The van der Waals surface area contributed by atoms with E-state index >= 15 is 0 Å². The topological polar surface area (TPSA) is 9.23 Å². The molecule has 10 heavy (non-hydrogen) atoms. The van der Waals surface area contributed by atoms with Crippen molar-refractivity contribution < 1.29 is 13.2 Å². The molecule has 0 aliphatic carbocycles. The van der Waals surface area contributed by atoms with Gasteiger partial charge in [0, 0.05) is 0 Å². The molecular formula is C7H6BrFO. The molecule has 0 aliphatic rings. The summed E-state index contributed by atoms with van der Waals surface area (Å²) in [5.41, 5.74) is 0. The normalized spacial score (nSPS) is 13.7. The second-order valence-electron chi connectivity index (χ2n) is 1.54. The fourth-order valence-electron chi connectivity index (χ4n) is 0.493. The van der Waals surface area contributed by atoms with E-state index in [0.29, 0.717) is 0 Å². The van der Waals surface area contributed by atoms with Crippen LogP contribution in [-0.2, 0) is 0 Å². The number of hydrogen-bond acceptors (Lipinski definition) is 1. The predicted octanol–water partition coefficient (Wildman–Crippen LogP) is 2.60. The lowest BCUT2D eigenvalue weighted by Crippen LogP contribution is -1.85. The zero-order valence-electron chi connectivity index (χ0n) is 8.16. The summed E-state index contributed by atoms with van der Waals surface area (Å²) in [6, 6.07) is -1.36. The summed E-state index contributed by atoms with van der Waals surface area (Å²) < 4.78 is 39.4. The standard InChI is InChI=1S/C7H6BrFO/c1-10-6-4-2-3-5(9)7(6)8/h2-4H,1H3/i2D,3D,4D. The van der Waals surface area contributed by atoms with Crippen molar-refractivity contribution in [2.75, 3.05) is 7.11 Å². The zero-order valence-corrected chi connectivity index (χ0v) is 6.75. The lowest BCUT2D eigenvalue weighted by atomic mass is 10.3. The Morgan fingerprint density at radius 3 is 3.00 bits per heavy atom. The average Bonchev–Trinajstić information content (AvgIpc) is 2.13. The molecule has 1 aromatic rings. The summed E-state index contributed by atoms with van der Waals surface area (Å²) in [6.07, 6.45) is 0. The maximum atomic E-state index is 13.1. The Morgan fingerprint density at radius 2 is 2.40 bits per heavy atom. The molecule has 0 atom stereocenters. The average molecular weight is 208 g/mol. The number of ether oxygens (including phenoxy) is 1. The summed E-state index contributed by atoms with van der Waals surface area (Å²) >= 11 is 2.85. The van der Waals surface area contributed by atoms with E-state index in [0.717, 1.165) is 0 Å². The van der Waals surface area contributed by atoms with E-state index in [1.165, 1.54) is 7.11 Å². The maximum absolute atomic E-state index is 13.1. The highest BCUT2D eigenvalue weighted by molar-refractivity contribution is 9.10. The van der Waals surface area contributed by atoms with Crippen molar-refractivity contribution in [3.05, 3.63) is 28.4 Å². The van der Waals surface area contributed by atoms with Gasteiger partial charge in [0.05, 0.1) is 15.7 Å². The zero-order chi connectivity index (χ0) is 10.2. The van der Waals surface area contributed by atoms with E-state index in [1.54, 1.807) is 0 Å². The number of hydrogen-bond donors (Lipinski definition) is 0. The first kappa shape index (κ1) is 4.34. The van der Waals surface area contributed by atoms with Crippen LogP contribution >= 0.6 is 15.9 Å². The van der Waals surface area contributed by atoms with Crippen LogP contribution in [0.15, 0.2) is 22.6 Å². The Balaban J connectivity index is 3.56. The number of benzene rings is 1. The van der Waals surface area contributed by atoms with Crippen LogP contribution in [0.2, 0.25) is 0 Å². The Morgan fingerprint density at radius 1 is 1.70 bits per heavy atom. The van der Waals surface area contributed by atoms with Gasteiger partial charge in [-0.3, -0.25) is 0 Å². The Bertz CT molecular complexity index is 327. The monoisotopic (exact) mass is 207 g/mol. The Hall–Kier alpha value is -0.570. The van der Waals surface area contributed by atoms with E-state index in [2.05, 4.69) is 15.9 Å². The molecule has 0 N–H and O–H groups in total. The van der Waals surface area contributed by atoms with Crippen LogP contribution in [-0.4, -0.2) is 7.11 Å². The van der Waals surface area contributed by atoms with Crippen molar-refractivity contribution in [1.29, 1.82) is 0 Å². The second kappa shape index (κ2) is 3.01. The molecule has 1 aromatic carbocycles. The molecule has 0 bridgehead atoms. The molecule has 0 heterocycles. The third-order valence-electron chi connectivity index (χ3n) is 0.944. The molecule has 0 saturated carbocycles.